The number of aliphatic hydroxyl groups is 1. The van der Waals surface area contributed by atoms with Crippen LogP contribution in [0.1, 0.15) is 50.0 Å². The van der Waals surface area contributed by atoms with Gasteiger partial charge in [-0.25, -0.2) is 0 Å². The van der Waals surface area contributed by atoms with Crippen LogP contribution in [0, 0.1) is 5.41 Å². The Kier molecular flexibility index (Phi) is 3.67. The number of aliphatic hydroxyl groups excluding tert-OH is 1. The van der Waals surface area contributed by atoms with Gasteiger partial charge in [-0.2, -0.15) is 0 Å². The van der Waals surface area contributed by atoms with Gasteiger partial charge in [0.1, 0.15) is 0 Å². The summed E-state index contributed by atoms with van der Waals surface area (Å²) < 4.78 is 0. The van der Waals surface area contributed by atoms with Gasteiger partial charge in [-0.1, -0.05) is 37.5 Å². The first-order valence-corrected chi connectivity index (χ1v) is 8.14. The second-order valence-electron chi connectivity index (χ2n) is 5.97. The smallest absolute Gasteiger partial charge is 0.0487 e. The summed E-state index contributed by atoms with van der Waals surface area (Å²) in [4.78, 5) is 1.46. The molecule has 0 bridgehead atoms. The summed E-state index contributed by atoms with van der Waals surface area (Å²) in [5, 5.41) is 9.84. The molecule has 1 unspecified atom stereocenters. The summed E-state index contributed by atoms with van der Waals surface area (Å²) in [6.45, 7) is 0.385. The van der Waals surface area contributed by atoms with Crippen LogP contribution in [-0.2, 0) is 0 Å². The SMILES string of the molecule is OCC1(CC2CSc3ccccc32)CCCCC1. The standard InChI is InChI=1S/C16H22OS/c17-12-16(8-4-1-5-9-16)10-13-11-18-15-7-3-2-6-14(13)15/h2-3,6-7,13,17H,1,4-5,8-12H2. The summed E-state index contributed by atoms with van der Waals surface area (Å²) in [7, 11) is 0. The molecule has 1 saturated carbocycles. The molecule has 0 radical (unpaired) electrons. The highest BCUT2D eigenvalue weighted by molar-refractivity contribution is 7.99. The van der Waals surface area contributed by atoms with Crippen LogP contribution >= 0.6 is 11.8 Å². The monoisotopic (exact) mass is 262 g/mol. The lowest BCUT2D eigenvalue weighted by molar-refractivity contribution is 0.0680. The van der Waals surface area contributed by atoms with E-state index in [1.807, 2.05) is 11.8 Å². The predicted molar refractivity (Wildman–Crippen MR) is 77.1 cm³/mol. The van der Waals surface area contributed by atoms with E-state index in [9.17, 15) is 5.11 Å². The van der Waals surface area contributed by atoms with Gasteiger partial charge in [-0.15, -0.1) is 11.8 Å². The van der Waals surface area contributed by atoms with Crippen LogP contribution in [0.2, 0.25) is 0 Å². The molecule has 2 aliphatic rings. The van der Waals surface area contributed by atoms with Gasteiger partial charge in [0.2, 0.25) is 0 Å². The van der Waals surface area contributed by atoms with E-state index in [-0.39, 0.29) is 5.41 Å². The van der Waals surface area contributed by atoms with E-state index in [1.165, 1.54) is 54.7 Å². The summed E-state index contributed by atoms with van der Waals surface area (Å²) in [5.74, 6) is 1.87. The van der Waals surface area contributed by atoms with Crippen molar-refractivity contribution in [3.8, 4) is 0 Å². The van der Waals surface area contributed by atoms with Gasteiger partial charge in [0.15, 0.2) is 0 Å². The third-order valence-electron chi connectivity index (χ3n) is 4.73. The first-order valence-electron chi connectivity index (χ1n) is 7.16. The van der Waals surface area contributed by atoms with Gasteiger partial charge in [-0.3, -0.25) is 0 Å². The Balaban J connectivity index is 1.77. The number of rotatable bonds is 3. The Labute approximate surface area is 114 Å². The Hall–Kier alpha value is -0.470. The summed E-state index contributed by atoms with van der Waals surface area (Å²) >= 11 is 1.99. The number of fused-ring (bicyclic) bond motifs is 1. The van der Waals surface area contributed by atoms with E-state index in [2.05, 4.69) is 24.3 Å². The molecule has 1 N–H and O–H groups in total. The van der Waals surface area contributed by atoms with Gasteiger partial charge in [0, 0.05) is 17.3 Å². The Morgan fingerprint density at radius 1 is 1.17 bits per heavy atom. The van der Waals surface area contributed by atoms with Crippen LogP contribution in [0.15, 0.2) is 29.2 Å². The molecule has 98 valence electrons. The number of benzene rings is 1. The molecule has 18 heavy (non-hydrogen) atoms. The molecule has 1 heterocycles. The largest absolute Gasteiger partial charge is 0.396 e. The van der Waals surface area contributed by atoms with Gasteiger partial charge in [0.05, 0.1) is 0 Å². The van der Waals surface area contributed by atoms with Crippen LogP contribution in [0.5, 0.6) is 0 Å². The molecule has 0 saturated heterocycles. The molecule has 2 heteroatoms. The van der Waals surface area contributed by atoms with E-state index >= 15 is 0 Å². The van der Waals surface area contributed by atoms with Crippen LogP contribution < -0.4 is 0 Å². The quantitative estimate of drug-likeness (QED) is 0.880. The van der Waals surface area contributed by atoms with Gasteiger partial charge in [-0.05, 0) is 42.2 Å². The minimum atomic E-state index is 0.223. The number of hydrogen-bond donors (Lipinski definition) is 1. The van der Waals surface area contributed by atoms with Crippen molar-refractivity contribution in [1.29, 1.82) is 0 Å². The average Bonchev–Trinajstić information content (AvgIpc) is 2.83. The van der Waals surface area contributed by atoms with Gasteiger partial charge < -0.3 is 5.11 Å². The maximum Gasteiger partial charge on any atom is 0.0487 e. The van der Waals surface area contributed by atoms with Crippen molar-refractivity contribution in [2.45, 2.75) is 49.3 Å². The Morgan fingerprint density at radius 3 is 2.72 bits per heavy atom. The summed E-state index contributed by atoms with van der Waals surface area (Å²) in [5.41, 5.74) is 1.75. The van der Waals surface area contributed by atoms with E-state index in [4.69, 9.17) is 0 Å². The van der Waals surface area contributed by atoms with Crippen molar-refractivity contribution < 1.29 is 5.11 Å². The normalized spacial score (nSPS) is 25.9. The zero-order valence-electron chi connectivity index (χ0n) is 10.9. The Bertz CT molecular complexity index is 409. The highest BCUT2D eigenvalue weighted by Crippen LogP contribution is 2.49. The lowest BCUT2D eigenvalue weighted by Crippen LogP contribution is -2.30. The fraction of sp³-hybridized carbons (Fsp3) is 0.625. The predicted octanol–water partition coefficient (Wildman–Crippen LogP) is 4.21. The third kappa shape index (κ3) is 2.33. The average molecular weight is 262 g/mol. The van der Waals surface area contributed by atoms with Crippen LogP contribution in [0.25, 0.3) is 0 Å². The fourth-order valence-corrected chi connectivity index (χ4v) is 4.90. The topological polar surface area (TPSA) is 20.2 Å². The minimum absolute atomic E-state index is 0.223. The molecule has 1 nitrogen and oxygen atoms in total. The number of hydrogen-bond acceptors (Lipinski definition) is 2. The summed E-state index contributed by atoms with van der Waals surface area (Å²) in [6, 6.07) is 8.82. The molecule has 0 aromatic heterocycles. The second kappa shape index (κ2) is 5.26. The summed E-state index contributed by atoms with van der Waals surface area (Å²) in [6.07, 6.45) is 7.62. The maximum atomic E-state index is 9.84. The zero-order valence-corrected chi connectivity index (χ0v) is 11.7. The third-order valence-corrected chi connectivity index (χ3v) is 5.98. The molecule has 0 amide bonds. The molecule has 3 rings (SSSR count). The lowest BCUT2D eigenvalue weighted by atomic mass is 9.69. The van der Waals surface area contributed by atoms with Crippen LogP contribution in [-0.4, -0.2) is 17.5 Å². The van der Waals surface area contributed by atoms with E-state index in [0.29, 0.717) is 12.5 Å². The van der Waals surface area contributed by atoms with E-state index in [0.717, 1.165) is 0 Å². The highest BCUT2D eigenvalue weighted by atomic mass is 32.2. The van der Waals surface area contributed by atoms with Crippen molar-refractivity contribution >= 4 is 11.8 Å². The Morgan fingerprint density at radius 2 is 1.94 bits per heavy atom. The van der Waals surface area contributed by atoms with Gasteiger partial charge in [0.25, 0.3) is 0 Å². The maximum absolute atomic E-state index is 9.84. The molecule has 1 fully saturated rings. The molecule has 1 aliphatic carbocycles. The highest BCUT2D eigenvalue weighted by Gasteiger charge is 2.36. The van der Waals surface area contributed by atoms with Crippen molar-refractivity contribution in [2.24, 2.45) is 5.41 Å². The molecule has 1 aromatic rings. The molecule has 1 aliphatic heterocycles. The van der Waals surface area contributed by atoms with Crippen molar-refractivity contribution in [1.82, 2.24) is 0 Å². The van der Waals surface area contributed by atoms with Gasteiger partial charge >= 0.3 is 0 Å². The van der Waals surface area contributed by atoms with Crippen LogP contribution in [0.3, 0.4) is 0 Å². The van der Waals surface area contributed by atoms with Crippen molar-refractivity contribution in [2.75, 3.05) is 12.4 Å². The zero-order chi connectivity index (χ0) is 12.4. The number of thioether (sulfide) groups is 1. The van der Waals surface area contributed by atoms with Crippen molar-refractivity contribution in [3.63, 3.8) is 0 Å². The van der Waals surface area contributed by atoms with E-state index in [1.54, 1.807) is 0 Å². The second-order valence-corrected chi connectivity index (χ2v) is 7.03. The molecule has 0 spiro atoms. The molecular formula is C16H22OS. The van der Waals surface area contributed by atoms with Crippen LogP contribution in [0.4, 0.5) is 0 Å². The molecule has 1 aromatic carbocycles. The van der Waals surface area contributed by atoms with E-state index < -0.39 is 0 Å². The first kappa shape index (κ1) is 12.6. The minimum Gasteiger partial charge on any atom is -0.396 e. The molecule has 1 atom stereocenters. The van der Waals surface area contributed by atoms with Crippen molar-refractivity contribution in [3.05, 3.63) is 29.8 Å². The first-order chi connectivity index (χ1) is 8.83. The molecular weight excluding hydrogens is 240 g/mol. The lowest BCUT2D eigenvalue weighted by Gasteiger charge is -2.37. The fourth-order valence-electron chi connectivity index (χ4n) is 3.65.